The Balaban J connectivity index is 3.45. The fourth-order valence-corrected chi connectivity index (χ4v) is 0.810. The van der Waals surface area contributed by atoms with Gasteiger partial charge in [0.15, 0.2) is 0 Å². The van der Waals surface area contributed by atoms with Crippen molar-refractivity contribution in [2.75, 3.05) is 6.54 Å². The van der Waals surface area contributed by atoms with Crippen molar-refractivity contribution in [3.05, 3.63) is 0 Å². The van der Waals surface area contributed by atoms with Crippen LogP contribution >= 0.6 is 47.8 Å². The topological polar surface area (TPSA) is 29.1 Å². The molecule has 2 nitrogen and oxygen atoms in total. The maximum Gasteiger partial charge on any atom is 0.147 e. The Morgan fingerprint density at radius 2 is 2.10 bits per heavy atom. The van der Waals surface area contributed by atoms with Gasteiger partial charge in [-0.15, -0.1) is 0 Å². The molecule has 0 rings (SSSR count). The van der Waals surface area contributed by atoms with E-state index in [4.69, 9.17) is 0 Å². The lowest BCUT2D eigenvalue weighted by molar-refractivity contribution is -0.109. The first-order valence-corrected chi connectivity index (χ1v) is 5.09. The van der Waals surface area contributed by atoms with Gasteiger partial charge in [-0.3, -0.25) is 0 Å². The van der Waals surface area contributed by atoms with Crippen LogP contribution in [0.25, 0.3) is 0 Å². The van der Waals surface area contributed by atoms with Gasteiger partial charge in [-0.2, -0.15) is 0 Å². The normalized spacial score (nSPS) is 14.8. The van der Waals surface area contributed by atoms with Gasteiger partial charge in [-0.05, 0) is 6.92 Å². The van der Waals surface area contributed by atoms with Crippen LogP contribution in [0.4, 0.5) is 0 Å². The monoisotopic (exact) mass is 335 g/mol. The predicted molar refractivity (Wildman–Crippen MR) is 53.0 cm³/mol. The Bertz CT molecular complexity index is 112. The van der Waals surface area contributed by atoms with Crippen LogP contribution in [0.15, 0.2) is 0 Å². The van der Waals surface area contributed by atoms with Crippen LogP contribution in [0.3, 0.4) is 0 Å². The van der Waals surface area contributed by atoms with Gasteiger partial charge in [0.25, 0.3) is 0 Å². The molecule has 10 heavy (non-hydrogen) atoms. The van der Waals surface area contributed by atoms with Gasteiger partial charge in [-0.25, -0.2) is 0 Å². The second-order valence-electron chi connectivity index (χ2n) is 1.92. The van der Waals surface area contributed by atoms with Crippen LogP contribution in [0.2, 0.25) is 0 Å². The van der Waals surface area contributed by atoms with Crippen molar-refractivity contribution >= 4 is 54.1 Å². The van der Waals surface area contributed by atoms with Crippen LogP contribution in [-0.2, 0) is 4.79 Å². The molecule has 0 aliphatic carbocycles. The van der Waals surface area contributed by atoms with Crippen LogP contribution in [0.5, 0.6) is 0 Å². The molecule has 0 fully saturated rings. The highest BCUT2D eigenvalue weighted by atomic mass is 80.0. The lowest BCUT2D eigenvalue weighted by Crippen LogP contribution is -2.33. The summed E-state index contributed by atoms with van der Waals surface area (Å²) in [5, 5.41) is 2.96. The van der Waals surface area contributed by atoms with Crippen molar-refractivity contribution in [3.8, 4) is 0 Å². The van der Waals surface area contributed by atoms with E-state index in [0.29, 0.717) is 6.54 Å². The standard InChI is InChI=1S/C5H8Br3NO/c1-4(2-10)9-3-5(6,7)8/h2,4,9H,3H2,1H3. The van der Waals surface area contributed by atoms with Crippen LogP contribution < -0.4 is 5.32 Å². The molecule has 0 amide bonds. The highest BCUT2D eigenvalue weighted by molar-refractivity contribution is 9.39. The molecular formula is C5H8Br3NO. The molecule has 60 valence electrons. The van der Waals surface area contributed by atoms with Crippen molar-refractivity contribution in [2.45, 2.75) is 15.1 Å². The summed E-state index contributed by atoms with van der Waals surface area (Å²) in [4.78, 5) is 10.1. The zero-order valence-electron chi connectivity index (χ0n) is 5.40. The maximum absolute atomic E-state index is 10.1. The van der Waals surface area contributed by atoms with E-state index < -0.39 is 0 Å². The first kappa shape index (κ1) is 11.1. The molecule has 0 aromatic carbocycles. The van der Waals surface area contributed by atoms with Crippen molar-refractivity contribution < 1.29 is 4.79 Å². The van der Waals surface area contributed by atoms with E-state index in [-0.39, 0.29) is 8.18 Å². The van der Waals surface area contributed by atoms with Crippen LogP contribution in [-0.4, -0.2) is 21.0 Å². The number of carbonyl (C=O) groups excluding carboxylic acids is 1. The largest absolute Gasteiger partial charge is 0.305 e. The number of rotatable bonds is 3. The minimum absolute atomic E-state index is 0.105. The van der Waals surface area contributed by atoms with Gasteiger partial charge < -0.3 is 10.1 Å². The molecule has 0 aromatic rings. The molecule has 0 aromatic heterocycles. The summed E-state index contributed by atoms with van der Waals surface area (Å²) in [6, 6.07) is -0.105. The molecule has 1 atom stereocenters. The Kier molecular flexibility index (Phi) is 5.37. The smallest absolute Gasteiger partial charge is 0.147 e. The van der Waals surface area contributed by atoms with E-state index >= 15 is 0 Å². The van der Waals surface area contributed by atoms with Gasteiger partial charge in [-0.1, -0.05) is 47.8 Å². The van der Waals surface area contributed by atoms with Crippen LogP contribution in [0, 0.1) is 0 Å². The van der Waals surface area contributed by atoms with E-state index in [1.807, 2.05) is 0 Å². The van der Waals surface area contributed by atoms with Crippen LogP contribution in [0.1, 0.15) is 6.92 Å². The second-order valence-corrected chi connectivity index (χ2v) is 9.17. The number of halogens is 3. The van der Waals surface area contributed by atoms with Gasteiger partial charge in [0.2, 0.25) is 0 Å². The van der Waals surface area contributed by atoms with E-state index in [2.05, 4.69) is 53.1 Å². The Morgan fingerprint density at radius 3 is 2.40 bits per heavy atom. The minimum Gasteiger partial charge on any atom is -0.305 e. The van der Waals surface area contributed by atoms with Crippen molar-refractivity contribution in [2.24, 2.45) is 0 Å². The number of carbonyl (C=O) groups is 1. The first-order chi connectivity index (χ1) is 4.45. The molecule has 5 heteroatoms. The van der Waals surface area contributed by atoms with E-state index in [1.165, 1.54) is 0 Å². The summed E-state index contributed by atoms with van der Waals surface area (Å²) in [7, 11) is 0. The summed E-state index contributed by atoms with van der Waals surface area (Å²) in [6.07, 6.45) is 0.860. The highest BCUT2D eigenvalue weighted by Gasteiger charge is 2.17. The van der Waals surface area contributed by atoms with Crippen molar-refractivity contribution in [1.29, 1.82) is 0 Å². The van der Waals surface area contributed by atoms with Gasteiger partial charge in [0.05, 0.1) is 6.04 Å². The average molecular weight is 338 g/mol. The summed E-state index contributed by atoms with van der Waals surface area (Å²) in [5.74, 6) is 0. The predicted octanol–water partition coefficient (Wildman–Crippen LogP) is 2.00. The third-order valence-electron chi connectivity index (χ3n) is 0.829. The number of hydrogen-bond donors (Lipinski definition) is 1. The summed E-state index contributed by atoms with van der Waals surface area (Å²) in [5.41, 5.74) is 0. The number of aldehydes is 1. The molecule has 0 aliphatic rings. The molecule has 0 bridgehead atoms. The number of alkyl halides is 3. The summed E-state index contributed by atoms with van der Waals surface area (Å²) >= 11 is 9.87. The first-order valence-electron chi connectivity index (χ1n) is 2.71. The number of hydrogen-bond acceptors (Lipinski definition) is 2. The third-order valence-corrected chi connectivity index (χ3v) is 1.67. The molecule has 1 N–H and O–H groups in total. The fraction of sp³-hybridized carbons (Fsp3) is 0.800. The van der Waals surface area contributed by atoms with E-state index in [9.17, 15) is 4.79 Å². The summed E-state index contributed by atoms with van der Waals surface area (Å²) in [6.45, 7) is 2.43. The van der Waals surface area contributed by atoms with Crippen molar-refractivity contribution in [1.82, 2.24) is 5.32 Å². The quantitative estimate of drug-likeness (QED) is 0.630. The number of nitrogens with one attached hydrogen (secondary N) is 1. The maximum atomic E-state index is 10.1. The lowest BCUT2D eigenvalue weighted by Gasteiger charge is -2.14. The zero-order valence-corrected chi connectivity index (χ0v) is 10.2. The molecule has 0 saturated heterocycles. The van der Waals surface area contributed by atoms with E-state index in [0.717, 1.165) is 6.29 Å². The minimum atomic E-state index is -0.301. The Hall–Kier alpha value is 1.07. The Morgan fingerprint density at radius 1 is 1.60 bits per heavy atom. The molecule has 1 unspecified atom stereocenters. The summed E-state index contributed by atoms with van der Waals surface area (Å²) < 4.78 is -0.301. The molecule has 0 radical (unpaired) electrons. The van der Waals surface area contributed by atoms with Gasteiger partial charge >= 0.3 is 0 Å². The zero-order chi connectivity index (χ0) is 8.20. The molecule has 0 saturated carbocycles. The SMILES string of the molecule is CC(C=O)NCC(Br)(Br)Br. The molecular weight excluding hydrogens is 330 g/mol. The van der Waals surface area contributed by atoms with Gasteiger partial charge in [0.1, 0.15) is 8.43 Å². The van der Waals surface area contributed by atoms with E-state index in [1.54, 1.807) is 6.92 Å². The lowest BCUT2D eigenvalue weighted by atomic mass is 10.4. The Labute approximate surface area is 85.5 Å². The third kappa shape index (κ3) is 7.18. The van der Waals surface area contributed by atoms with Crippen molar-refractivity contribution in [3.63, 3.8) is 0 Å². The fourth-order valence-electron chi connectivity index (χ4n) is 0.325. The highest BCUT2D eigenvalue weighted by Crippen LogP contribution is 2.32. The average Bonchev–Trinajstić information content (AvgIpc) is 1.81. The molecule has 0 spiro atoms. The molecule has 0 aliphatic heterocycles. The van der Waals surface area contributed by atoms with Gasteiger partial charge in [0, 0.05) is 6.54 Å². The second kappa shape index (κ2) is 4.85. The molecule has 0 heterocycles.